The van der Waals surface area contributed by atoms with Gasteiger partial charge in [0.2, 0.25) is 5.91 Å². The lowest BCUT2D eigenvalue weighted by Crippen LogP contribution is -2.57. The van der Waals surface area contributed by atoms with Crippen molar-refractivity contribution in [3.63, 3.8) is 0 Å². The Hall–Kier alpha value is -1.83. The zero-order valence-electron chi connectivity index (χ0n) is 12.4. The Morgan fingerprint density at radius 3 is 2.67 bits per heavy atom. The largest absolute Gasteiger partial charge is 0.480 e. The maximum Gasteiger partial charge on any atom is 0.326 e. The first kappa shape index (κ1) is 17.2. The second kappa shape index (κ2) is 8.46. The summed E-state index contributed by atoms with van der Waals surface area (Å²) in [6.45, 7) is 0.677. The number of aliphatic carboxylic acids is 1. The summed E-state index contributed by atoms with van der Waals surface area (Å²) in [7, 11) is 2.98. The Kier molecular flexibility index (Phi) is 6.93. The van der Waals surface area contributed by atoms with Crippen molar-refractivity contribution in [2.45, 2.75) is 37.8 Å². The van der Waals surface area contributed by atoms with Gasteiger partial charge in [0, 0.05) is 33.7 Å². The number of hydrogen-bond acceptors (Lipinski definition) is 4. The molecule has 0 aromatic heterocycles. The fourth-order valence-corrected chi connectivity index (χ4v) is 2.34. The molecule has 3 N–H and O–H groups in total. The molecule has 8 nitrogen and oxygen atoms in total. The molecule has 8 heteroatoms. The van der Waals surface area contributed by atoms with Crippen molar-refractivity contribution in [1.29, 1.82) is 0 Å². The van der Waals surface area contributed by atoms with E-state index in [1.807, 2.05) is 0 Å². The first-order valence-corrected chi connectivity index (χ1v) is 7.01. The van der Waals surface area contributed by atoms with E-state index >= 15 is 0 Å². The maximum absolute atomic E-state index is 12.2. The zero-order chi connectivity index (χ0) is 15.8. The number of likely N-dealkylation sites (tertiary alicyclic amines) is 1. The Balaban J connectivity index is 2.69. The fraction of sp³-hybridized carbons (Fsp3) is 0.769. The number of likely N-dealkylation sites (N-methyl/N-ethyl adjacent to an activating group) is 1. The second-order valence-electron chi connectivity index (χ2n) is 4.94. The van der Waals surface area contributed by atoms with Gasteiger partial charge in [-0.2, -0.15) is 0 Å². The van der Waals surface area contributed by atoms with Gasteiger partial charge in [-0.1, -0.05) is 0 Å². The summed E-state index contributed by atoms with van der Waals surface area (Å²) in [5.74, 6) is -1.34. The van der Waals surface area contributed by atoms with Crippen LogP contribution in [0.4, 0.5) is 4.79 Å². The Morgan fingerprint density at radius 1 is 1.38 bits per heavy atom. The van der Waals surface area contributed by atoms with E-state index in [4.69, 9.17) is 9.84 Å². The van der Waals surface area contributed by atoms with Crippen LogP contribution in [-0.4, -0.2) is 67.3 Å². The number of amides is 3. The Morgan fingerprint density at radius 2 is 2.10 bits per heavy atom. The predicted octanol–water partition coefficient (Wildman–Crippen LogP) is -0.214. The summed E-state index contributed by atoms with van der Waals surface area (Å²) in [5.41, 5.74) is 0. The topological polar surface area (TPSA) is 108 Å². The summed E-state index contributed by atoms with van der Waals surface area (Å²) < 4.78 is 4.83. The molecular formula is C13H23N3O5. The van der Waals surface area contributed by atoms with Gasteiger partial charge in [0.1, 0.15) is 12.1 Å². The highest BCUT2D eigenvalue weighted by atomic mass is 16.5. The summed E-state index contributed by atoms with van der Waals surface area (Å²) in [5, 5.41) is 14.1. The summed E-state index contributed by atoms with van der Waals surface area (Å²) in [6, 6.07) is -2.09. The number of urea groups is 1. The number of rotatable bonds is 6. The van der Waals surface area contributed by atoms with Gasteiger partial charge in [-0.25, -0.2) is 9.59 Å². The maximum atomic E-state index is 12.2. The number of ether oxygens (including phenoxy) is 1. The quantitative estimate of drug-likeness (QED) is 0.629. The van der Waals surface area contributed by atoms with Crippen molar-refractivity contribution in [2.75, 3.05) is 27.3 Å². The molecular weight excluding hydrogens is 278 g/mol. The van der Waals surface area contributed by atoms with E-state index in [-0.39, 0.29) is 18.9 Å². The standard InChI is InChI=1S/C13H23N3O5/c1-14-11(17)10-5-3-4-7-16(10)13(20)15-9(12(18)19)6-8-21-2/h9-10H,3-8H2,1-2H3,(H,14,17)(H,15,20)(H,18,19). The van der Waals surface area contributed by atoms with E-state index in [1.54, 1.807) is 0 Å². The van der Waals surface area contributed by atoms with E-state index in [0.717, 1.165) is 12.8 Å². The van der Waals surface area contributed by atoms with Crippen molar-refractivity contribution < 1.29 is 24.2 Å². The number of carboxylic acids is 1. The minimum absolute atomic E-state index is 0.177. The van der Waals surface area contributed by atoms with Crippen LogP contribution in [-0.2, 0) is 14.3 Å². The lowest BCUT2D eigenvalue weighted by atomic mass is 10.0. The molecule has 1 saturated heterocycles. The van der Waals surface area contributed by atoms with Crippen molar-refractivity contribution >= 4 is 17.9 Å². The van der Waals surface area contributed by atoms with Crippen molar-refractivity contribution in [1.82, 2.24) is 15.5 Å². The lowest BCUT2D eigenvalue weighted by molar-refractivity contribution is -0.139. The molecule has 0 spiro atoms. The number of methoxy groups -OCH3 is 1. The molecule has 0 bridgehead atoms. The Labute approximate surface area is 123 Å². The highest BCUT2D eigenvalue weighted by Gasteiger charge is 2.33. The molecule has 0 radical (unpaired) electrons. The van der Waals surface area contributed by atoms with Crippen LogP contribution in [0.2, 0.25) is 0 Å². The summed E-state index contributed by atoms with van der Waals surface area (Å²) >= 11 is 0. The molecule has 0 aromatic rings. The zero-order valence-corrected chi connectivity index (χ0v) is 12.4. The number of nitrogens with zero attached hydrogens (tertiary/aromatic N) is 1. The molecule has 120 valence electrons. The van der Waals surface area contributed by atoms with Crippen LogP contribution in [0.1, 0.15) is 25.7 Å². The molecule has 3 amide bonds. The predicted molar refractivity (Wildman–Crippen MR) is 74.9 cm³/mol. The van der Waals surface area contributed by atoms with Crippen molar-refractivity contribution in [2.24, 2.45) is 0 Å². The normalized spacial score (nSPS) is 19.7. The molecule has 0 aliphatic carbocycles. The van der Waals surface area contributed by atoms with E-state index in [0.29, 0.717) is 13.0 Å². The number of carbonyl (C=O) groups excluding carboxylic acids is 2. The molecule has 2 atom stereocenters. The number of carboxylic acid groups (broad SMARTS) is 1. The van der Waals surface area contributed by atoms with E-state index in [1.165, 1.54) is 19.1 Å². The number of piperidine rings is 1. The van der Waals surface area contributed by atoms with Crippen LogP contribution in [0.25, 0.3) is 0 Å². The third-order valence-electron chi connectivity index (χ3n) is 3.52. The number of carbonyl (C=O) groups is 3. The average molecular weight is 301 g/mol. The molecule has 1 heterocycles. The Bertz CT molecular complexity index is 388. The summed E-state index contributed by atoms with van der Waals surface area (Å²) in [4.78, 5) is 36.6. The molecule has 2 unspecified atom stereocenters. The van der Waals surface area contributed by atoms with Gasteiger partial charge in [-0.15, -0.1) is 0 Å². The highest BCUT2D eigenvalue weighted by Crippen LogP contribution is 2.17. The minimum Gasteiger partial charge on any atom is -0.480 e. The molecule has 1 aliphatic heterocycles. The SMILES string of the molecule is CNC(=O)C1CCCCN1C(=O)NC(CCOC)C(=O)O. The van der Waals surface area contributed by atoms with Crippen LogP contribution in [0, 0.1) is 0 Å². The molecule has 1 rings (SSSR count). The summed E-state index contributed by atoms with van der Waals surface area (Å²) in [6.07, 6.45) is 2.43. The minimum atomic E-state index is -1.12. The van der Waals surface area contributed by atoms with Gasteiger partial charge in [0.25, 0.3) is 0 Å². The number of nitrogens with one attached hydrogen (secondary N) is 2. The van der Waals surface area contributed by atoms with Crippen LogP contribution in [0.15, 0.2) is 0 Å². The first-order valence-electron chi connectivity index (χ1n) is 7.01. The third kappa shape index (κ3) is 4.89. The van der Waals surface area contributed by atoms with Crippen molar-refractivity contribution in [3.05, 3.63) is 0 Å². The van der Waals surface area contributed by atoms with E-state index in [2.05, 4.69) is 10.6 Å². The molecule has 1 fully saturated rings. The molecule has 0 aromatic carbocycles. The monoisotopic (exact) mass is 301 g/mol. The van der Waals surface area contributed by atoms with Gasteiger partial charge >= 0.3 is 12.0 Å². The molecule has 21 heavy (non-hydrogen) atoms. The number of hydrogen-bond donors (Lipinski definition) is 3. The van der Waals surface area contributed by atoms with E-state index in [9.17, 15) is 14.4 Å². The van der Waals surface area contributed by atoms with Crippen LogP contribution in [0.3, 0.4) is 0 Å². The fourth-order valence-electron chi connectivity index (χ4n) is 2.34. The first-order chi connectivity index (χ1) is 10.0. The van der Waals surface area contributed by atoms with Gasteiger partial charge < -0.3 is 25.4 Å². The van der Waals surface area contributed by atoms with Gasteiger partial charge in [-0.05, 0) is 19.3 Å². The lowest BCUT2D eigenvalue weighted by Gasteiger charge is -2.35. The van der Waals surface area contributed by atoms with Crippen LogP contribution < -0.4 is 10.6 Å². The van der Waals surface area contributed by atoms with Gasteiger partial charge in [0.05, 0.1) is 0 Å². The van der Waals surface area contributed by atoms with Gasteiger partial charge in [0.15, 0.2) is 0 Å². The highest BCUT2D eigenvalue weighted by molar-refractivity contribution is 5.88. The van der Waals surface area contributed by atoms with Crippen LogP contribution in [0.5, 0.6) is 0 Å². The third-order valence-corrected chi connectivity index (χ3v) is 3.52. The average Bonchev–Trinajstić information content (AvgIpc) is 2.50. The molecule has 1 aliphatic rings. The second-order valence-corrected chi connectivity index (χ2v) is 4.94. The molecule has 0 saturated carbocycles. The van der Waals surface area contributed by atoms with E-state index < -0.39 is 24.1 Å². The van der Waals surface area contributed by atoms with Crippen LogP contribution >= 0.6 is 0 Å². The van der Waals surface area contributed by atoms with Gasteiger partial charge in [-0.3, -0.25) is 4.79 Å². The van der Waals surface area contributed by atoms with Crippen molar-refractivity contribution in [3.8, 4) is 0 Å². The smallest absolute Gasteiger partial charge is 0.326 e.